The summed E-state index contributed by atoms with van der Waals surface area (Å²) in [6.07, 6.45) is 1.45. The average molecular weight is 238 g/mol. The van der Waals surface area contributed by atoms with Gasteiger partial charge < -0.3 is 9.47 Å². The van der Waals surface area contributed by atoms with E-state index in [9.17, 15) is 0 Å². The van der Waals surface area contributed by atoms with Crippen LogP contribution in [0.15, 0.2) is 23.3 Å². The van der Waals surface area contributed by atoms with Crippen molar-refractivity contribution in [1.82, 2.24) is 10.9 Å². The molecule has 0 aliphatic carbocycles. The zero-order valence-corrected chi connectivity index (χ0v) is 9.52. The molecule has 1 aromatic carbocycles. The second-order valence-corrected chi connectivity index (χ2v) is 2.94. The first-order valence-electron chi connectivity index (χ1n) is 4.71. The first kappa shape index (κ1) is 12.8. The molecule has 1 aromatic rings. The summed E-state index contributed by atoms with van der Waals surface area (Å²) >= 11 is 0. The van der Waals surface area contributed by atoms with E-state index in [1.165, 1.54) is 13.3 Å². The van der Waals surface area contributed by atoms with Crippen molar-refractivity contribution in [1.29, 1.82) is 5.41 Å². The summed E-state index contributed by atoms with van der Waals surface area (Å²) in [5.41, 5.74) is 4.55. The Hall–Kier alpha value is -2.28. The van der Waals surface area contributed by atoms with Gasteiger partial charge in [0.25, 0.3) is 0 Å². The van der Waals surface area contributed by atoms with Gasteiger partial charge in [0.15, 0.2) is 11.5 Å². The van der Waals surface area contributed by atoms with Gasteiger partial charge in [-0.15, -0.1) is 0 Å². The molecule has 0 heterocycles. The highest BCUT2D eigenvalue weighted by molar-refractivity contribution is 5.86. The Kier molecular flexibility index (Phi) is 4.77. The lowest BCUT2D eigenvalue weighted by Crippen LogP contribution is -2.30. The van der Waals surface area contributed by atoms with E-state index in [0.29, 0.717) is 17.1 Å². The molecule has 7 heteroatoms. The summed E-state index contributed by atoms with van der Waals surface area (Å²) in [4.78, 5) is 0. The predicted octanol–water partition coefficient (Wildman–Crippen LogP) is 0.541. The van der Waals surface area contributed by atoms with Crippen LogP contribution in [0.5, 0.6) is 11.5 Å². The minimum absolute atomic E-state index is 0.330. The summed E-state index contributed by atoms with van der Waals surface area (Å²) in [5.74, 6) is 0.805. The molecule has 0 bridgehead atoms. The van der Waals surface area contributed by atoms with Crippen LogP contribution in [0, 0.1) is 5.41 Å². The van der Waals surface area contributed by atoms with Crippen molar-refractivity contribution in [3.05, 3.63) is 23.8 Å². The Morgan fingerprint density at radius 1 is 1.41 bits per heavy atom. The van der Waals surface area contributed by atoms with Gasteiger partial charge in [0.2, 0.25) is 5.96 Å². The SMILES string of the molecule is COc1cccc(C=NNC(=N)NO)c1OC. The Morgan fingerprint density at radius 2 is 2.18 bits per heavy atom. The summed E-state index contributed by atoms with van der Waals surface area (Å²) in [7, 11) is 3.07. The van der Waals surface area contributed by atoms with Crippen LogP contribution in [0.3, 0.4) is 0 Å². The quantitative estimate of drug-likeness (QED) is 0.348. The van der Waals surface area contributed by atoms with E-state index in [2.05, 4.69) is 10.5 Å². The number of ether oxygens (including phenoxy) is 2. The smallest absolute Gasteiger partial charge is 0.233 e. The molecule has 0 aliphatic rings. The van der Waals surface area contributed by atoms with Crippen LogP contribution < -0.4 is 20.4 Å². The van der Waals surface area contributed by atoms with E-state index in [1.807, 2.05) is 0 Å². The molecule has 7 nitrogen and oxygen atoms in total. The predicted molar refractivity (Wildman–Crippen MR) is 62.9 cm³/mol. The molecule has 4 N–H and O–H groups in total. The molecule has 0 radical (unpaired) electrons. The van der Waals surface area contributed by atoms with Crippen molar-refractivity contribution in [2.24, 2.45) is 5.10 Å². The van der Waals surface area contributed by atoms with E-state index in [-0.39, 0.29) is 5.96 Å². The maximum atomic E-state index is 8.36. The van der Waals surface area contributed by atoms with E-state index in [0.717, 1.165) is 0 Å². The van der Waals surface area contributed by atoms with Crippen molar-refractivity contribution in [3.63, 3.8) is 0 Å². The normalized spacial score (nSPS) is 10.1. The molecule has 0 saturated heterocycles. The highest BCUT2D eigenvalue weighted by atomic mass is 16.5. The topological polar surface area (TPSA) is 99.0 Å². The first-order valence-corrected chi connectivity index (χ1v) is 4.71. The van der Waals surface area contributed by atoms with E-state index in [1.54, 1.807) is 30.8 Å². The van der Waals surface area contributed by atoms with Crippen LogP contribution in [0.1, 0.15) is 5.56 Å². The summed E-state index contributed by atoms with van der Waals surface area (Å²) in [6, 6.07) is 5.34. The average Bonchev–Trinajstić information content (AvgIpc) is 2.37. The van der Waals surface area contributed by atoms with Crippen LogP contribution in [-0.4, -0.2) is 31.6 Å². The molecular weight excluding hydrogens is 224 g/mol. The molecule has 0 spiro atoms. The monoisotopic (exact) mass is 238 g/mol. The van der Waals surface area contributed by atoms with Crippen LogP contribution in [0.2, 0.25) is 0 Å². The van der Waals surface area contributed by atoms with Crippen molar-refractivity contribution < 1.29 is 14.7 Å². The number of benzene rings is 1. The van der Waals surface area contributed by atoms with E-state index < -0.39 is 0 Å². The number of methoxy groups -OCH3 is 2. The number of hydrazone groups is 1. The number of rotatable bonds is 4. The van der Waals surface area contributed by atoms with Crippen molar-refractivity contribution in [2.45, 2.75) is 0 Å². The Bertz CT molecular complexity index is 420. The summed E-state index contributed by atoms with van der Waals surface area (Å²) in [6.45, 7) is 0. The third kappa shape index (κ3) is 3.35. The van der Waals surface area contributed by atoms with E-state index in [4.69, 9.17) is 20.1 Å². The van der Waals surface area contributed by atoms with Crippen molar-refractivity contribution >= 4 is 12.2 Å². The molecule has 0 fully saturated rings. The molecule has 0 atom stereocenters. The fraction of sp³-hybridized carbons (Fsp3) is 0.200. The molecule has 0 aliphatic heterocycles. The molecule has 0 unspecified atom stereocenters. The third-order valence-electron chi connectivity index (χ3n) is 1.93. The molecule has 17 heavy (non-hydrogen) atoms. The zero-order valence-electron chi connectivity index (χ0n) is 9.52. The Morgan fingerprint density at radius 3 is 2.76 bits per heavy atom. The van der Waals surface area contributed by atoms with Gasteiger partial charge in [-0.25, -0.2) is 10.9 Å². The number of hydrogen-bond donors (Lipinski definition) is 4. The molecule has 0 amide bonds. The highest BCUT2D eigenvalue weighted by Crippen LogP contribution is 2.29. The number of para-hydroxylation sites is 1. The fourth-order valence-electron chi connectivity index (χ4n) is 1.21. The number of nitrogens with one attached hydrogen (secondary N) is 3. The van der Waals surface area contributed by atoms with Gasteiger partial charge in [0.1, 0.15) is 0 Å². The lowest BCUT2D eigenvalue weighted by atomic mass is 10.2. The highest BCUT2D eigenvalue weighted by Gasteiger charge is 2.06. The zero-order chi connectivity index (χ0) is 12.7. The first-order chi connectivity index (χ1) is 8.22. The molecule has 0 aromatic heterocycles. The summed E-state index contributed by atoms with van der Waals surface area (Å²) < 4.78 is 10.3. The van der Waals surface area contributed by atoms with E-state index >= 15 is 0 Å². The maximum absolute atomic E-state index is 8.36. The third-order valence-corrected chi connectivity index (χ3v) is 1.93. The second-order valence-electron chi connectivity index (χ2n) is 2.94. The fourth-order valence-corrected chi connectivity index (χ4v) is 1.21. The number of hydroxylamine groups is 1. The molecule has 0 saturated carbocycles. The lowest BCUT2D eigenvalue weighted by Gasteiger charge is -2.09. The van der Waals surface area contributed by atoms with Gasteiger partial charge >= 0.3 is 0 Å². The molecule has 92 valence electrons. The maximum Gasteiger partial charge on any atom is 0.233 e. The van der Waals surface area contributed by atoms with Gasteiger partial charge in [-0.05, 0) is 12.1 Å². The number of nitrogens with zero attached hydrogens (tertiary/aromatic N) is 1. The van der Waals surface area contributed by atoms with Crippen LogP contribution in [0.25, 0.3) is 0 Å². The van der Waals surface area contributed by atoms with Crippen molar-refractivity contribution in [2.75, 3.05) is 14.2 Å². The molecular formula is C10H14N4O3. The Balaban J connectivity index is 2.86. The van der Waals surface area contributed by atoms with Gasteiger partial charge in [0, 0.05) is 5.56 Å². The van der Waals surface area contributed by atoms with Gasteiger partial charge in [-0.2, -0.15) is 5.10 Å². The second kappa shape index (κ2) is 6.33. The molecule has 1 rings (SSSR count). The van der Waals surface area contributed by atoms with Crippen LogP contribution in [-0.2, 0) is 0 Å². The standard InChI is InChI=1S/C10H14N4O3/c1-16-8-5-3-4-7(9(8)17-2)6-12-13-10(11)14-15/h3-6,15H,1-2H3,(H3,11,13,14). The van der Waals surface area contributed by atoms with Gasteiger partial charge in [0.05, 0.1) is 20.4 Å². The van der Waals surface area contributed by atoms with Crippen molar-refractivity contribution in [3.8, 4) is 11.5 Å². The van der Waals surface area contributed by atoms with Crippen LogP contribution in [0.4, 0.5) is 0 Å². The van der Waals surface area contributed by atoms with Gasteiger partial charge in [-0.3, -0.25) is 10.6 Å². The Labute approximate surface area is 98.5 Å². The lowest BCUT2D eigenvalue weighted by molar-refractivity contribution is 0.228. The number of guanidine groups is 1. The largest absolute Gasteiger partial charge is 0.493 e. The minimum atomic E-state index is -0.330. The van der Waals surface area contributed by atoms with Crippen LogP contribution >= 0.6 is 0 Å². The number of hydrogen-bond acceptors (Lipinski definition) is 5. The summed E-state index contributed by atoms with van der Waals surface area (Å²) in [5, 5.41) is 19.1. The van der Waals surface area contributed by atoms with Gasteiger partial charge in [-0.1, -0.05) is 6.07 Å². The minimum Gasteiger partial charge on any atom is -0.493 e.